The van der Waals surface area contributed by atoms with Crippen LogP contribution in [0.4, 0.5) is 0 Å². The summed E-state index contributed by atoms with van der Waals surface area (Å²) in [7, 11) is 0. The smallest absolute Gasteiger partial charge is 0.273 e. The number of fused-ring (bicyclic) bond motifs is 1. The molecule has 24 heavy (non-hydrogen) atoms. The van der Waals surface area contributed by atoms with Crippen molar-refractivity contribution < 1.29 is 14.6 Å². The normalized spacial score (nSPS) is 10.6. The molecule has 0 unspecified atom stereocenters. The maximum atomic E-state index is 12.0. The van der Waals surface area contributed by atoms with Crippen molar-refractivity contribution in [3.05, 3.63) is 59.9 Å². The fourth-order valence-electron chi connectivity index (χ4n) is 2.53. The number of nitrogens with one attached hydrogen (secondary N) is 1. The van der Waals surface area contributed by atoms with Crippen molar-refractivity contribution in [2.45, 2.75) is 13.8 Å². The Bertz CT molecular complexity index is 892. The number of aryl methyl sites for hydroxylation is 1. The average Bonchev–Trinajstić information content (AvgIpc) is 2.59. The lowest BCUT2D eigenvalue weighted by molar-refractivity contribution is 0.0948. The Morgan fingerprint density at radius 1 is 1.12 bits per heavy atom. The molecule has 5 nitrogen and oxygen atoms in total. The summed E-state index contributed by atoms with van der Waals surface area (Å²) in [5.41, 5.74) is 0.696. The van der Waals surface area contributed by atoms with E-state index in [1.807, 2.05) is 43.3 Å². The van der Waals surface area contributed by atoms with Gasteiger partial charge in [0.25, 0.3) is 5.91 Å². The number of benzene rings is 2. The van der Waals surface area contributed by atoms with E-state index in [1.54, 1.807) is 19.1 Å². The van der Waals surface area contributed by atoms with Crippen LogP contribution < -0.4 is 10.1 Å². The van der Waals surface area contributed by atoms with Gasteiger partial charge >= 0.3 is 0 Å². The Balaban J connectivity index is 2.03. The van der Waals surface area contributed by atoms with Gasteiger partial charge in [0.05, 0.1) is 0 Å². The first-order valence-corrected chi connectivity index (χ1v) is 7.74. The van der Waals surface area contributed by atoms with Crippen molar-refractivity contribution in [1.82, 2.24) is 10.3 Å². The molecule has 2 aromatic carbocycles. The Morgan fingerprint density at radius 2 is 1.88 bits per heavy atom. The Morgan fingerprint density at radius 3 is 2.58 bits per heavy atom. The molecule has 1 amide bonds. The lowest BCUT2D eigenvalue weighted by atomic mass is 10.1. The van der Waals surface area contributed by atoms with Gasteiger partial charge < -0.3 is 15.2 Å². The monoisotopic (exact) mass is 322 g/mol. The van der Waals surface area contributed by atoms with Gasteiger partial charge in [-0.15, -0.1) is 0 Å². The fourth-order valence-corrected chi connectivity index (χ4v) is 2.53. The lowest BCUT2D eigenvalue weighted by Gasteiger charge is -2.12. The number of pyridine rings is 1. The first kappa shape index (κ1) is 15.8. The summed E-state index contributed by atoms with van der Waals surface area (Å²) in [6, 6.07) is 14.8. The second-order valence-electron chi connectivity index (χ2n) is 5.38. The third kappa shape index (κ3) is 3.01. The summed E-state index contributed by atoms with van der Waals surface area (Å²) >= 11 is 0. The van der Waals surface area contributed by atoms with E-state index in [0.717, 1.165) is 11.1 Å². The molecular weight excluding hydrogens is 304 g/mol. The first-order valence-electron chi connectivity index (χ1n) is 7.74. The second-order valence-corrected chi connectivity index (χ2v) is 5.38. The summed E-state index contributed by atoms with van der Waals surface area (Å²) in [4.78, 5) is 16.3. The van der Waals surface area contributed by atoms with E-state index in [0.29, 0.717) is 23.4 Å². The molecule has 2 N–H and O–H groups in total. The van der Waals surface area contributed by atoms with Crippen LogP contribution in [0.15, 0.2) is 48.5 Å². The molecule has 0 bridgehead atoms. The van der Waals surface area contributed by atoms with Crippen LogP contribution in [-0.4, -0.2) is 22.5 Å². The van der Waals surface area contributed by atoms with Crippen LogP contribution in [-0.2, 0) is 0 Å². The van der Waals surface area contributed by atoms with Gasteiger partial charge in [-0.25, -0.2) is 4.98 Å². The Labute approximate surface area is 139 Å². The maximum Gasteiger partial charge on any atom is 0.273 e. The van der Waals surface area contributed by atoms with E-state index in [2.05, 4.69) is 10.3 Å². The Hall–Kier alpha value is -3.08. The highest BCUT2D eigenvalue weighted by atomic mass is 16.5. The standard InChI is InChI=1S/C19H18N2O3/c1-3-20-19(23)17-18(22)15-10-9-14(11-16(15)12(2)21-17)24-13-7-5-4-6-8-13/h4-11,22H,3H2,1-2H3,(H,20,23). The van der Waals surface area contributed by atoms with E-state index in [1.165, 1.54) is 0 Å². The Kier molecular flexibility index (Phi) is 4.33. The van der Waals surface area contributed by atoms with Crippen molar-refractivity contribution in [1.29, 1.82) is 0 Å². The highest BCUT2D eigenvalue weighted by molar-refractivity contribution is 6.02. The lowest BCUT2D eigenvalue weighted by Crippen LogP contribution is -2.24. The third-order valence-corrected chi connectivity index (χ3v) is 3.67. The first-order chi connectivity index (χ1) is 11.6. The van der Waals surface area contributed by atoms with E-state index in [4.69, 9.17) is 4.74 Å². The zero-order valence-corrected chi connectivity index (χ0v) is 13.5. The van der Waals surface area contributed by atoms with Gasteiger partial charge in [-0.05, 0) is 44.2 Å². The van der Waals surface area contributed by atoms with Crippen molar-refractivity contribution in [3.8, 4) is 17.2 Å². The van der Waals surface area contributed by atoms with Gasteiger partial charge in [-0.1, -0.05) is 18.2 Å². The van der Waals surface area contributed by atoms with Gasteiger partial charge in [-0.2, -0.15) is 0 Å². The molecule has 0 saturated carbocycles. The summed E-state index contributed by atoms with van der Waals surface area (Å²) in [5.74, 6) is 0.867. The second kappa shape index (κ2) is 6.58. The molecule has 0 aliphatic rings. The van der Waals surface area contributed by atoms with Gasteiger partial charge in [0.1, 0.15) is 11.5 Å². The van der Waals surface area contributed by atoms with Crippen LogP contribution in [0, 0.1) is 6.92 Å². The number of para-hydroxylation sites is 1. The van der Waals surface area contributed by atoms with Crippen molar-refractivity contribution in [2.24, 2.45) is 0 Å². The molecular formula is C19H18N2O3. The van der Waals surface area contributed by atoms with Crippen molar-refractivity contribution in [3.63, 3.8) is 0 Å². The molecule has 122 valence electrons. The number of amides is 1. The van der Waals surface area contributed by atoms with Gasteiger partial charge in [0.15, 0.2) is 11.4 Å². The number of hydrogen-bond donors (Lipinski definition) is 2. The number of aromatic hydroxyl groups is 1. The largest absolute Gasteiger partial charge is 0.505 e. The number of nitrogens with zero attached hydrogens (tertiary/aromatic N) is 1. The minimum atomic E-state index is -0.385. The van der Waals surface area contributed by atoms with Crippen molar-refractivity contribution >= 4 is 16.7 Å². The molecule has 0 aliphatic heterocycles. The van der Waals surface area contributed by atoms with Crippen LogP contribution in [0.3, 0.4) is 0 Å². The number of aromatic nitrogens is 1. The number of carbonyl (C=O) groups excluding carboxylic acids is 1. The van der Waals surface area contributed by atoms with Crippen molar-refractivity contribution in [2.75, 3.05) is 6.54 Å². The summed E-state index contributed by atoms with van der Waals surface area (Å²) < 4.78 is 5.81. The number of rotatable bonds is 4. The molecule has 0 saturated heterocycles. The summed E-state index contributed by atoms with van der Waals surface area (Å²) in [6.07, 6.45) is 0. The molecule has 3 rings (SSSR count). The average molecular weight is 322 g/mol. The highest BCUT2D eigenvalue weighted by Crippen LogP contribution is 2.33. The van der Waals surface area contributed by atoms with Gasteiger partial charge in [0, 0.05) is 23.0 Å². The minimum Gasteiger partial charge on any atom is -0.505 e. The molecule has 0 fully saturated rings. The summed E-state index contributed by atoms with van der Waals surface area (Å²) in [6.45, 7) is 4.09. The molecule has 5 heteroatoms. The molecule has 3 aromatic rings. The van der Waals surface area contributed by atoms with E-state index < -0.39 is 0 Å². The van der Waals surface area contributed by atoms with Gasteiger partial charge in [-0.3, -0.25) is 4.79 Å². The quantitative estimate of drug-likeness (QED) is 0.766. The molecule has 0 spiro atoms. The minimum absolute atomic E-state index is 0.0403. The molecule has 0 aliphatic carbocycles. The molecule has 1 heterocycles. The topological polar surface area (TPSA) is 71.5 Å². The van der Waals surface area contributed by atoms with Crippen LogP contribution in [0.2, 0.25) is 0 Å². The number of hydrogen-bond acceptors (Lipinski definition) is 4. The fraction of sp³-hybridized carbons (Fsp3) is 0.158. The highest BCUT2D eigenvalue weighted by Gasteiger charge is 2.17. The van der Waals surface area contributed by atoms with Crippen LogP contribution in [0.5, 0.6) is 17.2 Å². The number of carbonyl (C=O) groups is 1. The van der Waals surface area contributed by atoms with E-state index in [-0.39, 0.29) is 17.4 Å². The zero-order chi connectivity index (χ0) is 17.1. The number of ether oxygens (including phenoxy) is 1. The third-order valence-electron chi connectivity index (χ3n) is 3.67. The zero-order valence-electron chi connectivity index (χ0n) is 13.5. The van der Waals surface area contributed by atoms with E-state index in [9.17, 15) is 9.90 Å². The summed E-state index contributed by atoms with van der Waals surface area (Å²) in [5, 5.41) is 14.4. The van der Waals surface area contributed by atoms with Crippen LogP contribution >= 0.6 is 0 Å². The predicted molar refractivity (Wildman–Crippen MR) is 92.7 cm³/mol. The SMILES string of the molecule is CCNC(=O)c1nc(C)c2cc(Oc3ccccc3)ccc2c1O. The molecule has 0 radical (unpaired) electrons. The van der Waals surface area contributed by atoms with E-state index >= 15 is 0 Å². The van der Waals surface area contributed by atoms with Crippen LogP contribution in [0.25, 0.3) is 10.8 Å². The maximum absolute atomic E-state index is 12.0. The predicted octanol–water partition coefficient (Wildman–Crippen LogP) is 3.79. The van der Waals surface area contributed by atoms with Crippen LogP contribution in [0.1, 0.15) is 23.1 Å². The molecule has 1 aromatic heterocycles. The van der Waals surface area contributed by atoms with Gasteiger partial charge in [0.2, 0.25) is 0 Å². The molecule has 0 atom stereocenters.